The zero-order valence-corrected chi connectivity index (χ0v) is 4.02. The van der Waals surface area contributed by atoms with Crippen LogP contribution in [0.3, 0.4) is 0 Å². The van der Waals surface area contributed by atoms with Crippen molar-refractivity contribution in [1.29, 1.82) is 0 Å². The van der Waals surface area contributed by atoms with Gasteiger partial charge in [-0.25, -0.2) is 0 Å². The van der Waals surface area contributed by atoms with Gasteiger partial charge in [0.2, 0.25) is 0 Å². The second-order valence-corrected chi connectivity index (χ2v) is 1.45. The SMILES string of the molecule is OCC[C@@H](O)Cl. The van der Waals surface area contributed by atoms with Gasteiger partial charge in [-0.3, -0.25) is 0 Å². The summed E-state index contributed by atoms with van der Waals surface area (Å²) in [4.78, 5) is 0. The molecule has 2 nitrogen and oxygen atoms in total. The van der Waals surface area contributed by atoms with Crippen molar-refractivity contribution in [2.24, 2.45) is 0 Å². The van der Waals surface area contributed by atoms with Gasteiger partial charge >= 0.3 is 0 Å². The number of halogens is 1. The van der Waals surface area contributed by atoms with Crippen molar-refractivity contribution in [3.05, 3.63) is 0 Å². The van der Waals surface area contributed by atoms with Crippen LogP contribution in [0.15, 0.2) is 0 Å². The third-order valence-electron chi connectivity index (χ3n) is 0.367. The highest BCUT2D eigenvalue weighted by molar-refractivity contribution is 6.19. The minimum absolute atomic E-state index is 0.0509. The van der Waals surface area contributed by atoms with E-state index in [1.165, 1.54) is 0 Å². The van der Waals surface area contributed by atoms with Crippen molar-refractivity contribution in [3.63, 3.8) is 0 Å². The molecule has 0 aliphatic carbocycles. The van der Waals surface area contributed by atoms with Crippen molar-refractivity contribution in [2.45, 2.75) is 12.0 Å². The Morgan fingerprint density at radius 2 is 2.17 bits per heavy atom. The molecule has 0 saturated carbocycles. The number of aliphatic hydroxyl groups is 2. The molecular weight excluding hydrogens is 103 g/mol. The van der Waals surface area contributed by atoms with Crippen molar-refractivity contribution < 1.29 is 10.2 Å². The van der Waals surface area contributed by atoms with E-state index < -0.39 is 5.56 Å². The Morgan fingerprint density at radius 3 is 2.17 bits per heavy atom. The van der Waals surface area contributed by atoms with Crippen molar-refractivity contribution in [1.82, 2.24) is 0 Å². The summed E-state index contributed by atoms with van der Waals surface area (Å²) in [7, 11) is 0. The van der Waals surface area contributed by atoms with Crippen molar-refractivity contribution >= 4 is 11.6 Å². The minimum atomic E-state index is -0.880. The molecule has 0 aromatic carbocycles. The maximum atomic E-state index is 8.16. The highest BCUT2D eigenvalue weighted by Crippen LogP contribution is 1.92. The fourth-order valence-corrected chi connectivity index (χ4v) is 0.204. The van der Waals surface area contributed by atoms with E-state index in [9.17, 15) is 0 Å². The maximum absolute atomic E-state index is 8.16. The van der Waals surface area contributed by atoms with Gasteiger partial charge in [0, 0.05) is 13.0 Å². The molecule has 0 bridgehead atoms. The largest absolute Gasteiger partial charge is 0.396 e. The second kappa shape index (κ2) is 3.40. The number of alkyl halides is 1. The van der Waals surface area contributed by atoms with Crippen LogP contribution < -0.4 is 0 Å². The van der Waals surface area contributed by atoms with E-state index in [1.807, 2.05) is 0 Å². The van der Waals surface area contributed by atoms with Crippen LogP contribution >= 0.6 is 11.6 Å². The van der Waals surface area contributed by atoms with Crippen molar-refractivity contribution in [3.8, 4) is 0 Å². The first-order valence-corrected chi connectivity index (χ1v) is 2.14. The molecule has 3 heteroatoms. The van der Waals surface area contributed by atoms with Crippen LogP contribution in [0.25, 0.3) is 0 Å². The van der Waals surface area contributed by atoms with Crippen LogP contribution in [0.1, 0.15) is 6.42 Å². The zero-order chi connectivity index (χ0) is 4.99. The number of aliphatic hydroxyl groups excluding tert-OH is 2. The quantitative estimate of drug-likeness (QED) is 0.489. The third-order valence-corrected chi connectivity index (χ3v) is 0.586. The molecule has 0 amide bonds. The Kier molecular flexibility index (Phi) is 3.52. The second-order valence-electron chi connectivity index (χ2n) is 0.947. The van der Waals surface area contributed by atoms with Crippen LogP contribution in [0, 0.1) is 0 Å². The summed E-state index contributed by atoms with van der Waals surface area (Å²) in [6.07, 6.45) is 0.252. The highest BCUT2D eigenvalue weighted by atomic mass is 35.5. The van der Waals surface area contributed by atoms with Gasteiger partial charge in [-0.2, -0.15) is 0 Å². The van der Waals surface area contributed by atoms with Crippen LogP contribution in [-0.2, 0) is 0 Å². The van der Waals surface area contributed by atoms with Gasteiger partial charge < -0.3 is 10.2 Å². The number of rotatable bonds is 2. The minimum Gasteiger partial charge on any atom is -0.396 e. The van der Waals surface area contributed by atoms with Gasteiger partial charge in [0.05, 0.1) is 0 Å². The van der Waals surface area contributed by atoms with Gasteiger partial charge in [0.25, 0.3) is 0 Å². The standard InChI is InChI=1S/C3H7ClO2/c4-3(6)1-2-5/h3,5-6H,1-2H2/t3-/m1/s1. The number of hydrogen-bond acceptors (Lipinski definition) is 2. The molecule has 2 N–H and O–H groups in total. The summed E-state index contributed by atoms with van der Waals surface area (Å²) in [5.41, 5.74) is -0.880. The molecule has 0 heterocycles. The monoisotopic (exact) mass is 110 g/mol. The van der Waals surface area contributed by atoms with Crippen LogP contribution in [0.2, 0.25) is 0 Å². The molecule has 0 spiro atoms. The summed E-state index contributed by atoms with van der Waals surface area (Å²) in [5, 5.41) is 16.2. The molecule has 0 aliphatic rings. The first-order valence-electron chi connectivity index (χ1n) is 1.70. The van der Waals surface area contributed by atoms with Crippen LogP contribution in [0.4, 0.5) is 0 Å². The summed E-state index contributed by atoms with van der Waals surface area (Å²) in [5.74, 6) is 0. The Bertz CT molecular complexity index is 30.0. The van der Waals surface area contributed by atoms with Gasteiger partial charge in [-0.05, 0) is 0 Å². The lowest BCUT2D eigenvalue weighted by molar-refractivity contribution is 0.194. The average molecular weight is 111 g/mol. The van der Waals surface area contributed by atoms with Crippen LogP contribution in [-0.4, -0.2) is 22.4 Å². The van der Waals surface area contributed by atoms with E-state index in [4.69, 9.17) is 21.8 Å². The predicted molar refractivity (Wildman–Crippen MR) is 23.6 cm³/mol. The first kappa shape index (κ1) is 6.21. The predicted octanol–water partition coefficient (Wildman–Crippen LogP) is -0.0740. The molecule has 0 fully saturated rings. The van der Waals surface area contributed by atoms with E-state index in [2.05, 4.69) is 0 Å². The zero-order valence-electron chi connectivity index (χ0n) is 3.26. The molecule has 0 rings (SSSR count). The fraction of sp³-hybridized carbons (Fsp3) is 1.00. The molecule has 0 aromatic heterocycles. The summed E-state index contributed by atoms with van der Waals surface area (Å²) in [6.45, 7) is -0.0509. The van der Waals surface area contributed by atoms with Gasteiger partial charge in [-0.1, -0.05) is 11.6 Å². The Morgan fingerprint density at radius 1 is 1.67 bits per heavy atom. The fourth-order valence-electron chi connectivity index (χ4n) is 0.107. The molecule has 0 aliphatic heterocycles. The van der Waals surface area contributed by atoms with Gasteiger partial charge in [0.15, 0.2) is 0 Å². The molecule has 6 heavy (non-hydrogen) atoms. The van der Waals surface area contributed by atoms with E-state index in [-0.39, 0.29) is 13.0 Å². The van der Waals surface area contributed by atoms with E-state index in [1.54, 1.807) is 0 Å². The number of hydrogen-bond donors (Lipinski definition) is 2. The molecule has 0 unspecified atom stereocenters. The molecular formula is C3H7ClO2. The highest BCUT2D eigenvalue weighted by Gasteiger charge is 1.91. The Labute approximate surface area is 41.4 Å². The molecule has 0 aromatic rings. The first-order chi connectivity index (χ1) is 2.77. The average Bonchev–Trinajstić information content (AvgIpc) is 1.35. The lowest BCUT2D eigenvalue weighted by Crippen LogP contribution is -1.97. The van der Waals surface area contributed by atoms with E-state index in [0.29, 0.717) is 0 Å². The van der Waals surface area contributed by atoms with Gasteiger partial charge in [0.1, 0.15) is 5.56 Å². The Hall–Kier alpha value is 0.210. The maximum Gasteiger partial charge on any atom is 0.130 e. The summed E-state index contributed by atoms with van der Waals surface area (Å²) < 4.78 is 0. The summed E-state index contributed by atoms with van der Waals surface area (Å²) >= 11 is 4.97. The van der Waals surface area contributed by atoms with E-state index >= 15 is 0 Å². The normalized spacial score (nSPS) is 14.5. The smallest absolute Gasteiger partial charge is 0.130 e. The Balaban J connectivity index is 2.63. The van der Waals surface area contributed by atoms with Gasteiger partial charge in [-0.15, -0.1) is 0 Å². The topological polar surface area (TPSA) is 40.5 Å². The summed E-state index contributed by atoms with van der Waals surface area (Å²) in [6, 6.07) is 0. The molecule has 1 atom stereocenters. The molecule has 0 saturated heterocycles. The van der Waals surface area contributed by atoms with Crippen LogP contribution in [0.5, 0.6) is 0 Å². The van der Waals surface area contributed by atoms with E-state index in [0.717, 1.165) is 0 Å². The molecule has 0 radical (unpaired) electrons. The third kappa shape index (κ3) is 4.21. The molecule has 38 valence electrons. The lowest BCUT2D eigenvalue weighted by atomic mass is 10.5. The lowest BCUT2D eigenvalue weighted by Gasteiger charge is -1.92. The van der Waals surface area contributed by atoms with Crippen molar-refractivity contribution in [2.75, 3.05) is 6.61 Å².